The van der Waals surface area contributed by atoms with Gasteiger partial charge < -0.3 is 50.3 Å². The van der Waals surface area contributed by atoms with Crippen LogP contribution in [0.3, 0.4) is 0 Å². The lowest BCUT2D eigenvalue weighted by Crippen LogP contribution is -2.60. The Morgan fingerprint density at radius 1 is 0.938 bits per heavy atom. The zero-order valence-electron chi connectivity index (χ0n) is 16.4. The van der Waals surface area contributed by atoms with Crippen LogP contribution in [-0.2, 0) is 4.74 Å². The number of carbonyl (C=O) groups excluding carboxylic acids is 1. The molecule has 1 fully saturated rings. The molecular weight excluding hydrogens is 428 g/mol. The summed E-state index contributed by atoms with van der Waals surface area (Å²) in [6, 6.07) is 6.13. The third-order valence-electron chi connectivity index (χ3n) is 4.90. The van der Waals surface area contributed by atoms with Gasteiger partial charge >= 0.3 is 0 Å². The second-order valence-electron chi connectivity index (χ2n) is 7.07. The molecule has 0 radical (unpaired) electrons. The van der Waals surface area contributed by atoms with Gasteiger partial charge in [-0.25, -0.2) is 0 Å². The van der Waals surface area contributed by atoms with Crippen molar-refractivity contribution < 1.29 is 55.1 Å². The summed E-state index contributed by atoms with van der Waals surface area (Å²) >= 11 is 0. The molecule has 11 heteroatoms. The summed E-state index contributed by atoms with van der Waals surface area (Å²) in [6.07, 6.45) is -5.49. The van der Waals surface area contributed by atoms with E-state index in [-0.39, 0.29) is 17.1 Å². The van der Waals surface area contributed by atoms with Crippen LogP contribution in [0.5, 0.6) is 28.7 Å². The van der Waals surface area contributed by atoms with Gasteiger partial charge in [-0.05, 0) is 35.9 Å². The molecule has 0 unspecified atom stereocenters. The molecule has 1 saturated heterocycles. The summed E-state index contributed by atoms with van der Waals surface area (Å²) in [4.78, 5) is 12.4. The van der Waals surface area contributed by atoms with Gasteiger partial charge in [-0.15, -0.1) is 0 Å². The monoisotopic (exact) mass is 450 g/mol. The molecule has 2 aromatic rings. The van der Waals surface area contributed by atoms with Crippen LogP contribution in [0.25, 0.3) is 6.08 Å². The number of hydrogen-bond acceptors (Lipinski definition) is 11. The maximum Gasteiger partial charge on any atom is 0.229 e. The molecule has 0 bridgehead atoms. The van der Waals surface area contributed by atoms with Crippen LogP contribution in [0.2, 0.25) is 0 Å². The lowest BCUT2D eigenvalue weighted by atomic mass is 9.99. The van der Waals surface area contributed by atoms with Crippen molar-refractivity contribution in [2.24, 2.45) is 0 Å². The Bertz CT molecular complexity index is 1020. The fourth-order valence-corrected chi connectivity index (χ4v) is 3.05. The smallest absolute Gasteiger partial charge is 0.229 e. The molecule has 0 amide bonds. The van der Waals surface area contributed by atoms with E-state index in [9.17, 15) is 45.6 Å². The second-order valence-corrected chi connectivity index (χ2v) is 7.07. The summed E-state index contributed by atoms with van der Waals surface area (Å²) in [6.45, 7) is -0.680. The number of ether oxygens (including phenoxy) is 2. The summed E-state index contributed by atoms with van der Waals surface area (Å²) in [5, 5.41) is 78.1. The first-order valence-electron chi connectivity index (χ1n) is 9.40. The topological polar surface area (TPSA) is 197 Å². The molecule has 0 spiro atoms. The molecule has 1 aliphatic heterocycles. The Balaban J connectivity index is 1.78. The molecule has 5 atom stereocenters. The molecule has 172 valence electrons. The number of ketones is 1. The van der Waals surface area contributed by atoms with E-state index in [2.05, 4.69) is 0 Å². The molecule has 1 heterocycles. The zero-order chi connectivity index (χ0) is 23.6. The highest BCUT2D eigenvalue weighted by Gasteiger charge is 2.45. The first-order valence-corrected chi connectivity index (χ1v) is 9.40. The number of aliphatic hydroxyl groups is 4. The van der Waals surface area contributed by atoms with E-state index in [1.165, 1.54) is 24.3 Å². The SMILES string of the molecule is O=C(C=Cc1ccc(O)c(O)c1)c1ccc(O[C@@H]2O[C@H](CO)[C@@H](O)[C@H](O)[C@H]2O)c(O)c1O. The Kier molecular flexibility index (Phi) is 6.87. The quantitative estimate of drug-likeness (QED) is 0.162. The van der Waals surface area contributed by atoms with E-state index in [1.54, 1.807) is 0 Å². The van der Waals surface area contributed by atoms with Crippen molar-refractivity contribution in [3.8, 4) is 28.7 Å². The minimum atomic E-state index is -1.74. The minimum Gasteiger partial charge on any atom is -0.504 e. The largest absolute Gasteiger partial charge is 0.504 e. The van der Waals surface area contributed by atoms with Gasteiger partial charge in [0.1, 0.15) is 24.4 Å². The van der Waals surface area contributed by atoms with Gasteiger partial charge in [0.2, 0.25) is 12.0 Å². The molecular formula is C21H22O11. The third-order valence-corrected chi connectivity index (χ3v) is 4.90. The number of allylic oxidation sites excluding steroid dienone is 1. The normalized spacial score (nSPS) is 25.7. The van der Waals surface area contributed by atoms with Crippen molar-refractivity contribution in [2.75, 3.05) is 6.61 Å². The Labute approximate surface area is 181 Å². The fourth-order valence-electron chi connectivity index (χ4n) is 3.05. The lowest BCUT2D eigenvalue weighted by molar-refractivity contribution is -0.277. The van der Waals surface area contributed by atoms with Crippen LogP contribution in [0, 0.1) is 0 Å². The second kappa shape index (κ2) is 9.42. The molecule has 2 aromatic carbocycles. The van der Waals surface area contributed by atoms with E-state index >= 15 is 0 Å². The highest BCUT2D eigenvalue weighted by atomic mass is 16.7. The van der Waals surface area contributed by atoms with Gasteiger partial charge in [-0.3, -0.25) is 4.79 Å². The van der Waals surface area contributed by atoms with Gasteiger partial charge in [0.25, 0.3) is 0 Å². The molecule has 32 heavy (non-hydrogen) atoms. The predicted octanol–water partition coefficient (Wildman–Crippen LogP) is -0.416. The van der Waals surface area contributed by atoms with Gasteiger partial charge in [0, 0.05) is 0 Å². The number of aliphatic hydroxyl groups excluding tert-OH is 4. The lowest BCUT2D eigenvalue weighted by Gasteiger charge is -2.39. The molecule has 1 aliphatic rings. The van der Waals surface area contributed by atoms with Crippen LogP contribution in [0.15, 0.2) is 36.4 Å². The number of rotatable bonds is 6. The Hall–Kier alpha value is -3.35. The van der Waals surface area contributed by atoms with Crippen molar-refractivity contribution >= 4 is 11.9 Å². The highest BCUT2D eigenvalue weighted by Crippen LogP contribution is 2.40. The van der Waals surface area contributed by atoms with Gasteiger partial charge in [0.15, 0.2) is 28.8 Å². The third kappa shape index (κ3) is 4.61. The van der Waals surface area contributed by atoms with Crippen molar-refractivity contribution in [2.45, 2.75) is 30.7 Å². The summed E-state index contributed by atoms with van der Waals surface area (Å²) < 4.78 is 10.4. The van der Waals surface area contributed by atoms with Crippen LogP contribution in [-0.4, -0.2) is 83.9 Å². The number of phenols is 4. The molecule has 0 aliphatic carbocycles. The van der Waals surface area contributed by atoms with Gasteiger partial charge in [-0.1, -0.05) is 12.1 Å². The van der Waals surface area contributed by atoms with Crippen LogP contribution in [0.4, 0.5) is 0 Å². The number of carbonyl (C=O) groups is 1. The van der Waals surface area contributed by atoms with E-state index < -0.39 is 60.3 Å². The molecule has 11 nitrogen and oxygen atoms in total. The van der Waals surface area contributed by atoms with Crippen LogP contribution < -0.4 is 4.74 Å². The summed E-state index contributed by atoms with van der Waals surface area (Å²) in [7, 11) is 0. The van der Waals surface area contributed by atoms with E-state index in [0.717, 1.165) is 18.2 Å². The predicted molar refractivity (Wildman–Crippen MR) is 107 cm³/mol. The molecule has 8 N–H and O–H groups in total. The standard InChI is InChI=1S/C21H22O11/c22-8-15-18(28)19(29)20(30)21(32-15)31-14-6-3-10(16(26)17(14)27)11(23)4-1-9-2-5-12(24)13(25)7-9/h1-7,15,18-22,24-30H,8H2/t15-,18-,19+,20-,21-/m1/s1. The summed E-state index contributed by atoms with van der Waals surface area (Å²) in [5.41, 5.74) is 0.0998. The number of benzene rings is 2. The molecule has 3 rings (SSSR count). The molecule has 0 saturated carbocycles. The van der Waals surface area contributed by atoms with Crippen LogP contribution in [0.1, 0.15) is 15.9 Å². The van der Waals surface area contributed by atoms with Gasteiger partial charge in [-0.2, -0.15) is 0 Å². The minimum absolute atomic E-state index is 0.289. The van der Waals surface area contributed by atoms with E-state index in [0.29, 0.717) is 5.56 Å². The first kappa shape index (κ1) is 23.3. The Morgan fingerprint density at radius 2 is 1.66 bits per heavy atom. The van der Waals surface area contributed by atoms with Crippen molar-refractivity contribution in [1.29, 1.82) is 0 Å². The number of hydrogen-bond donors (Lipinski definition) is 8. The average molecular weight is 450 g/mol. The number of phenolic OH excluding ortho intramolecular Hbond substituents is 4. The average Bonchev–Trinajstić information content (AvgIpc) is 2.77. The number of aromatic hydroxyl groups is 4. The summed E-state index contributed by atoms with van der Waals surface area (Å²) in [5.74, 6) is -3.47. The highest BCUT2D eigenvalue weighted by molar-refractivity contribution is 6.09. The zero-order valence-corrected chi connectivity index (χ0v) is 16.4. The van der Waals surface area contributed by atoms with E-state index in [1.807, 2.05) is 0 Å². The maximum atomic E-state index is 12.4. The first-order chi connectivity index (χ1) is 15.1. The van der Waals surface area contributed by atoms with Crippen molar-refractivity contribution in [3.05, 3.63) is 47.5 Å². The maximum absolute atomic E-state index is 12.4. The van der Waals surface area contributed by atoms with Gasteiger partial charge in [0.05, 0.1) is 12.2 Å². The van der Waals surface area contributed by atoms with Crippen molar-refractivity contribution in [3.63, 3.8) is 0 Å². The van der Waals surface area contributed by atoms with Crippen LogP contribution >= 0.6 is 0 Å². The van der Waals surface area contributed by atoms with Crippen molar-refractivity contribution in [1.82, 2.24) is 0 Å². The van der Waals surface area contributed by atoms with E-state index in [4.69, 9.17) is 9.47 Å². The molecule has 0 aromatic heterocycles. The Morgan fingerprint density at radius 3 is 2.31 bits per heavy atom. The fraction of sp³-hybridized carbons (Fsp3) is 0.286.